The second-order valence-electron chi connectivity index (χ2n) is 7.91. The van der Waals surface area contributed by atoms with Crippen molar-refractivity contribution in [3.05, 3.63) is 18.6 Å². The van der Waals surface area contributed by atoms with Crippen molar-refractivity contribution in [2.45, 2.75) is 97.8 Å². The van der Waals surface area contributed by atoms with Crippen LogP contribution in [-0.4, -0.2) is 25.2 Å². The molecule has 3 saturated carbocycles. The molecule has 0 aliphatic heterocycles. The number of carbonyl (C=O) groups excluding carboxylic acids is 2. The second-order valence-corrected chi connectivity index (χ2v) is 7.91. The fourth-order valence-corrected chi connectivity index (χ4v) is 4.08. The molecule has 0 aromatic heterocycles. The third kappa shape index (κ3) is 9.38. The van der Waals surface area contributed by atoms with Crippen molar-refractivity contribution in [2.75, 3.05) is 13.2 Å². The zero-order valence-electron chi connectivity index (χ0n) is 18.8. The van der Waals surface area contributed by atoms with Crippen LogP contribution in [0.25, 0.3) is 0 Å². The molecule has 0 spiro atoms. The number of allylic oxidation sites excluding steroid dienone is 2. The quantitative estimate of drug-likeness (QED) is 0.233. The van der Waals surface area contributed by atoms with Crippen LogP contribution in [0.15, 0.2) is 5.57 Å². The smallest absolute Gasteiger partial charge is 0.503 e. The van der Waals surface area contributed by atoms with Gasteiger partial charge in [0.25, 0.3) is 0 Å². The first-order chi connectivity index (χ1) is 13.5. The van der Waals surface area contributed by atoms with Crippen LogP contribution >= 0.6 is 0 Å². The van der Waals surface area contributed by atoms with Gasteiger partial charge in [0.05, 0.1) is 13.2 Å². The summed E-state index contributed by atoms with van der Waals surface area (Å²) < 4.78 is 10.1. The molecular formula is C24H40O4Ti. The van der Waals surface area contributed by atoms with Crippen LogP contribution in [0.3, 0.4) is 0 Å². The Labute approximate surface area is 193 Å². The Morgan fingerprint density at radius 1 is 0.897 bits per heavy atom. The van der Waals surface area contributed by atoms with E-state index in [1.165, 1.54) is 64.2 Å². The summed E-state index contributed by atoms with van der Waals surface area (Å²) in [5.74, 6) is -1.12. The maximum Gasteiger partial charge on any atom is 2.00 e. The topological polar surface area (TPSA) is 52.6 Å². The van der Waals surface area contributed by atoms with Gasteiger partial charge in [-0.3, -0.25) is 15.2 Å². The van der Waals surface area contributed by atoms with Crippen LogP contribution < -0.4 is 0 Å². The van der Waals surface area contributed by atoms with E-state index in [0.717, 1.165) is 5.57 Å². The SMILES string of the molecule is C1CCCC1.C1CCCC1.[CH2-]C1CC(C(=O)OCC)(C(=O)OCC)CC1=[C-]C.[Ti+2]. The molecule has 0 radical (unpaired) electrons. The van der Waals surface area contributed by atoms with Crippen molar-refractivity contribution < 1.29 is 40.8 Å². The van der Waals surface area contributed by atoms with Crippen LogP contribution in [0.5, 0.6) is 0 Å². The molecule has 3 rings (SSSR count). The first kappa shape index (κ1) is 28.4. The van der Waals surface area contributed by atoms with E-state index in [-0.39, 0.29) is 40.8 Å². The van der Waals surface area contributed by atoms with E-state index in [9.17, 15) is 9.59 Å². The van der Waals surface area contributed by atoms with Crippen molar-refractivity contribution in [1.29, 1.82) is 0 Å². The minimum absolute atomic E-state index is 0. The predicted molar refractivity (Wildman–Crippen MR) is 112 cm³/mol. The van der Waals surface area contributed by atoms with Crippen LogP contribution in [0.4, 0.5) is 0 Å². The average Bonchev–Trinajstić information content (AvgIpc) is 3.46. The largest absolute Gasteiger partial charge is 2.00 e. The number of esters is 2. The molecule has 0 amide bonds. The molecular weight excluding hydrogens is 400 g/mol. The number of hydrogen-bond donors (Lipinski definition) is 0. The zero-order chi connectivity index (χ0) is 20.8. The average molecular weight is 440 g/mol. The van der Waals surface area contributed by atoms with E-state index in [2.05, 4.69) is 13.0 Å². The van der Waals surface area contributed by atoms with Crippen molar-refractivity contribution >= 4 is 11.9 Å². The van der Waals surface area contributed by atoms with E-state index in [4.69, 9.17) is 9.47 Å². The molecule has 1 atom stereocenters. The van der Waals surface area contributed by atoms with Gasteiger partial charge in [-0.05, 0) is 26.7 Å². The fraction of sp³-hybridized carbons (Fsp3) is 0.792. The normalized spacial score (nSPS) is 23.2. The summed E-state index contributed by atoms with van der Waals surface area (Å²) in [6, 6.07) is 0. The van der Waals surface area contributed by atoms with Gasteiger partial charge in [-0.1, -0.05) is 64.2 Å². The molecule has 3 aliphatic rings. The van der Waals surface area contributed by atoms with Crippen molar-refractivity contribution in [1.82, 2.24) is 0 Å². The van der Waals surface area contributed by atoms with E-state index in [1.807, 2.05) is 0 Å². The molecule has 1 unspecified atom stereocenters. The molecule has 29 heavy (non-hydrogen) atoms. The summed E-state index contributed by atoms with van der Waals surface area (Å²) >= 11 is 0. The Morgan fingerprint density at radius 2 is 1.24 bits per heavy atom. The van der Waals surface area contributed by atoms with Gasteiger partial charge >= 0.3 is 33.7 Å². The Bertz CT molecular complexity index is 450. The minimum Gasteiger partial charge on any atom is -0.503 e. The van der Waals surface area contributed by atoms with Gasteiger partial charge < -0.3 is 22.5 Å². The second kappa shape index (κ2) is 16.1. The van der Waals surface area contributed by atoms with Crippen molar-refractivity contribution in [2.24, 2.45) is 11.3 Å². The van der Waals surface area contributed by atoms with E-state index in [0.29, 0.717) is 12.8 Å². The van der Waals surface area contributed by atoms with Gasteiger partial charge in [-0.25, -0.2) is 0 Å². The van der Waals surface area contributed by atoms with Gasteiger partial charge in [0.2, 0.25) is 0 Å². The van der Waals surface area contributed by atoms with Crippen molar-refractivity contribution in [3.63, 3.8) is 0 Å². The van der Waals surface area contributed by atoms with Crippen LogP contribution in [0, 0.1) is 24.3 Å². The van der Waals surface area contributed by atoms with Gasteiger partial charge in [0.15, 0.2) is 5.41 Å². The number of carbonyl (C=O) groups is 2. The van der Waals surface area contributed by atoms with Crippen molar-refractivity contribution in [3.8, 4) is 0 Å². The molecule has 0 aromatic rings. The molecule has 0 saturated heterocycles. The third-order valence-corrected chi connectivity index (χ3v) is 5.73. The molecule has 0 heterocycles. The fourth-order valence-electron chi connectivity index (χ4n) is 4.08. The molecule has 164 valence electrons. The molecule has 3 fully saturated rings. The molecule has 0 aromatic carbocycles. The monoisotopic (exact) mass is 440 g/mol. The minimum atomic E-state index is -1.23. The maximum atomic E-state index is 12.1. The molecule has 4 nitrogen and oxygen atoms in total. The van der Waals surface area contributed by atoms with E-state index < -0.39 is 17.4 Å². The summed E-state index contributed by atoms with van der Waals surface area (Å²) in [5, 5.41) is 0. The Balaban J connectivity index is 0.000000575. The molecule has 0 N–H and O–H groups in total. The Kier molecular flexibility index (Phi) is 15.8. The molecule has 5 heteroatoms. The maximum absolute atomic E-state index is 12.1. The number of hydrogen-bond acceptors (Lipinski definition) is 4. The summed E-state index contributed by atoms with van der Waals surface area (Å²) in [5.41, 5.74) is -0.340. The summed E-state index contributed by atoms with van der Waals surface area (Å²) in [6.07, 6.45) is 18.6. The van der Waals surface area contributed by atoms with Gasteiger partial charge in [-0.2, -0.15) is 12.8 Å². The first-order valence-corrected chi connectivity index (χ1v) is 11.2. The number of rotatable bonds is 4. The third-order valence-electron chi connectivity index (χ3n) is 5.73. The Morgan fingerprint density at radius 3 is 1.48 bits per heavy atom. The van der Waals surface area contributed by atoms with E-state index >= 15 is 0 Å². The van der Waals surface area contributed by atoms with Crippen LogP contribution in [-0.2, 0) is 40.8 Å². The van der Waals surface area contributed by atoms with Gasteiger partial charge in [-0.15, -0.1) is 0 Å². The molecule has 0 bridgehead atoms. The predicted octanol–water partition coefficient (Wildman–Crippen LogP) is 5.99. The summed E-state index contributed by atoms with van der Waals surface area (Å²) in [4.78, 5) is 24.2. The zero-order valence-corrected chi connectivity index (χ0v) is 20.4. The van der Waals surface area contributed by atoms with E-state index in [1.54, 1.807) is 20.8 Å². The first-order valence-electron chi connectivity index (χ1n) is 11.2. The van der Waals surface area contributed by atoms with Gasteiger partial charge in [0, 0.05) is 0 Å². The number of ether oxygens (including phenoxy) is 2. The van der Waals surface area contributed by atoms with Gasteiger partial charge in [0.1, 0.15) is 0 Å². The summed E-state index contributed by atoms with van der Waals surface area (Å²) in [6.45, 7) is 9.65. The summed E-state index contributed by atoms with van der Waals surface area (Å²) in [7, 11) is 0. The molecule has 3 aliphatic carbocycles. The van der Waals surface area contributed by atoms with Crippen LogP contribution in [0.2, 0.25) is 0 Å². The van der Waals surface area contributed by atoms with Crippen LogP contribution in [0.1, 0.15) is 97.8 Å². The Hall–Kier alpha value is -0.606. The standard InChI is InChI=1S/C14H20O4.2C5H10.Ti/c1-5-11-9-14(8-10(11)4,12(15)17-6-2)13(16)18-7-3;2*1-2-4-5-3-1;/h10H,4,6-9H2,1-3H3;2*1-5H2;/q-2;;;+2.